The van der Waals surface area contributed by atoms with Crippen LogP contribution in [0.5, 0.6) is 5.75 Å². The van der Waals surface area contributed by atoms with Gasteiger partial charge in [0.2, 0.25) is 0 Å². The van der Waals surface area contributed by atoms with Crippen LogP contribution in [0.3, 0.4) is 0 Å². The second-order valence-corrected chi connectivity index (χ2v) is 7.80. The molecule has 0 unspecified atom stereocenters. The Hall–Kier alpha value is -2.98. The van der Waals surface area contributed by atoms with Gasteiger partial charge in [-0.2, -0.15) is 5.26 Å². The molecule has 0 aromatic heterocycles. The van der Waals surface area contributed by atoms with Crippen molar-refractivity contribution in [3.63, 3.8) is 0 Å². The lowest BCUT2D eigenvalue weighted by Gasteiger charge is -2.22. The van der Waals surface area contributed by atoms with E-state index in [1.165, 1.54) is 0 Å². The molecular formula is C21H20N2O4S. The lowest BCUT2D eigenvalue weighted by molar-refractivity contribution is -0.149. The first kappa shape index (κ1) is 19.8. The van der Waals surface area contributed by atoms with Gasteiger partial charge in [0.05, 0.1) is 17.3 Å². The quantitative estimate of drug-likeness (QED) is 0.721. The van der Waals surface area contributed by atoms with Gasteiger partial charge < -0.3 is 14.4 Å². The molecule has 144 valence electrons. The van der Waals surface area contributed by atoms with E-state index in [-0.39, 0.29) is 19.1 Å². The summed E-state index contributed by atoms with van der Waals surface area (Å²) >= 11 is 1.74. The van der Waals surface area contributed by atoms with Gasteiger partial charge in [0.25, 0.3) is 5.91 Å². The monoisotopic (exact) mass is 396 g/mol. The molecule has 2 aromatic carbocycles. The Morgan fingerprint density at radius 2 is 1.93 bits per heavy atom. The van der Waals surface area contributed by atoms with Crippen molar-refractivity contribution in [3.05, 3.63) is 54.1 Å². The van der Waals surface area contributed by atoms with Crippen LogP contribution in [0.2, 0.25) is 0 Å². The molecule has 7 heteroatoms. The lowest BCUT2D eigenvalue weighted by atomic mass is 10.2. The minimum absolute atomic E-state index is 0.256. The Morgan fingerprint density at radius 3 is 2.68 bits per heavy atom. The third kappa shape index (κ3) is 5.05. The third-order valence-electron chi connectivity index (χ3n) is 4.24. The van der Waals surface area contributed by atoms with Crippen molar-refractivity contribution in [2.75, 3.05) is 24.7 Å². The standard InChI is InChI=1S/C21H20N2O4S/c1-15-10-11-23(18-4-2-3-5-19(18)28-15)20(24)13-27-21(25)14-26-17-8-6-16(12-22)7-9-17/h2-9,15H,10-11,13-14H2,1H3/t15-/m0/s1. The van der Waals surface area contributed by atoms with Crippen molar-refractivity contribution in [2.45, 2.75) is 23.5 Å². The number of thioether (sulfide) groups is 1. The van der Waals surface area contributed by atoms with Crippen LogP contribution < -0.4 is 9.64 Å². The van der Waals surface area contributed by atoms with Crippen LogP contribution in [0, 0.1) is 11.3 Å². The van der Waals surface area contributed by atoms with Crippen LogP contribution >= 0.6 is 11.8 Å². The molecule has 2 aromatic rings. The van der Waals surface area contributed by atoms with Crippen LogP contribution in [0.4, 0.5) is 5.69 Å². The highest BCUT2D eigenvalue weighted by Gasteiger charge is 2.24. The number of para-hydroxylation sites is 1. The lowest BCUT2D eigenvalue weighted by Crippen LogP contribution is -2.36. The first-order valence-corrected chi connectivity index (χ1v) is 9.79. The molecule has 1 amide bonds. The highest BCUT2D eigenvalue weighted by Crippen LogP contribution is 2.37. The molecule has 0 aliphatic carbocycles. The van der Waals surface area contributed by atoms with Crippen molar-refractivity contribution in [1.29, 1.82) is 5.26 Å². The number of amides is 1. The number of benzene rings is 2. The zero-order chi connectivity index (χ0) is 19.9. The highest BCUT2D eigenvalue weighted by atomic mass is 32.2. The number of ether oxygens (including phenoxy) is 2. The molecule has 3 rings (SSSR count). The average molecular weight is 396 g/mol. The molecule has 1 aliphatic rings. The number of hydrogen-bond donors (Lipinski definition) is 0. The summed E-state index contributed by atoms with van der Waals surface area (Å²) in [7, 11) is 0. The molecule has 1 atom stereocenters. The summed E-state index contributed by atoms with van der Waals surface area (Å²) in [5.74, 6) is -0.424. The highest BCUT2D eigenvalue weighted by molar-refractivity contribution is 8.00. The topological polar surface area (TPSA) is 79.6 Å². The summed E-state index contributed by atoms with van der Waals surface area (Å²) in [4.78, 5) is 27.3. The van der Waals surface area contributed by atoms with Gasteiger partial charge in [0.1, 0.15) is 5.75 Å². The van der Waals surface area contributed by atoms with Crippen molar-refractivity contribution in [2.24, 2.45) is 0 Å². The molecule has 0 fully saturated rings. The zero-order valence-corrected chi connectivity index (χ0v) is 16.3. The molecule has 0 spiro atoms. The van der Waals surface area contributed by atoms with E-state index in [1.54, 1.807) is 40.9 Å². The van der Waals surface area contributed by atoms with Crippen molar-refractivity contribution >= 4 is 29.3 Å². The van der Waals surface area contributed by atoms with Gasteiger partial charge in [-0.15, -0.1) is 11.8 Å². The van der Waals surface area contributed by atoms with Crippen LogP contribution in [0.25, 0.3) is 0 Å². The number of hydrogen-bond acceptors (Lipinski definition) is 6. The molecule has 0 N–H and O–H groups in total. The fourth-order valence-corrected chi connectivity index (χ4v) is 3.89. The Labute approximate surface area is 168 Å². The van der Waals surface area contributed by atoms with E-state index in [4.69, 9.17) is 14.7 Å². The maximum absolute atomic E-state index is 12.6. The SMILES string of the molecule is C[C@H]1CCN(C(=O)COC(=O)COc2ccc(C#N)cc2)c2ccccc2S1. The zero-order valence-electron chi connectivity index (χ0n) is 15.5. The summed E-state index contributed by atoms with van der Waals surface area (Å²) < 4.78 is 10.4. The van der Waals surface area contributed by atoms with Gasteiger partial charge in [0, 0.05) is 16.7 Å². The smallest absolute Gasteiger partial charge is 0.344 e. The minimum atomic E-state index is -0.622. The summed E-state index contributed by atoms with van der Waals surface area (Å²) in [6, 6.07) is 16.2. The second kappa shape index (κ2) is 9.29. The van der Waals surface area contributed by atoms with Gasteiger partial charge in [-0.1, -0.05) is 19.1 Å². The van der Waals surface area contributed by atoms with Crippen LogP contribution in [-0.4, -0.2) is 36.9 Å². The van der Waals surface area contributed by atoms with Gasteiger partial charge >= 0.3 is 5.97 Å². The molecule has 0 radical (unpaired) electrons. The van der Waals surface area contributed by atoms with Crippen molar-refractivity contribution in [1.82, 2.24) is 0 Å². The predicted octanol–water partition coefficient (Wildman–Crippen LogP) is 3.40. The predicted molar refractivity (Wildman–Crippen MR) is 106 cm³/mol. The summed E-state index contributed by atoms with van der Waals surface area (Å²) in [5, 5.41) is 9.17. The van der Waals surface area contributed by atoms with E-state index in [1.807, 2.05) is 30.3 Å². The van der Waals surface area contributed by atoms with E-state index < -0.39 is 5.97 Å². The number of carbonyl (C=O) groups is 2. The van der Waals surface area contributed by atoms with Gasteiger partial charge in [-0.25, -0.2) is 4.79 Å². The van der Waals surface area contributed by atoms with Gasteiger partial charge in [-0.05, 0) is 42.8 Å². The second-order valence-electron chi connectivity index (χ2n) is 6.32. The number of nitriles is 1. The molecule has 28 heavy (non-hydrogen) atoms. The van der Waals surface area contributed by atoms with E-state index in [9.17, 15) is 9.59 Å². The number of fused-ring (bicyclic) bond motifs is 1. The largest absolute Gasteiger partial charge is 0.482 e. The number of carbonyl (C=O) groups excluding carboxylic acids is 2. The van der Waals surface area contributed by atoms with E-state index in [0.717, 1.165) is 17.0 Å². The molecule has 0 bridgehead atoms. The molecule has 1 aliphatic heterocycles. The molecule has 6 nitrogen and oxygen atoms in total. The van der Waals surface area contributed by atoms with Crippen LogP contribution in [0.1, 0.15) is 18.9 Å². The van der Waals surface area contributed by atoms with Gasteiger partial charge in [0.15, 0.2) is 13.2 Å². The van der Waals surface area contributed by atoms with E-state index >= 15 is 0 Å². The average Bonchev–Trinajstić information content (AvgIpc) is 2.89. The minimum Gasteiger partial charge on any atom is -0.482 e. The molecule has 0 saturated heterocycles. The molecular weight excluding hydrogens is 376 g/mol. The van der Waals surface area contributed by atoms with E-state index in [0.29, 0.717) is 23.1 Å². The Balaban J connectivity index is 1.53. The Morgan fingerprint density at radius 1 is 1.18 bits per heavy atom. The Kier molecular flexibility index (Phi) is 6.56. The molecule has 1 heterocycles. The van der Waals surface area contributed by atoms with Crippen LogP contribution in [0.15, 0.2) is 53.4 Å². The fourth-order valence-electron chi connectivity index (χ4n) is 2.78. The number of rotatable bonds is 5. The number of anilines is 1. The maximum Gasteiger partial charge on any atom is 0.344 e. The molecule has 0 saturated carbocycles. The first-order valence-electron chi connectivity index (χ1n) is 8.91. The fraction of sp³-hybridized carbons (Fsp3) is 0.286. The summed E-state index contributed by atoms with van der Waals surface area (Å²) in [6.07, 6.45) is 0.862. The van der Waals surface area contributed by atoms with Gasteiger partial charge in [-0.3, -0.25) is 4.79 Å². The summed E-state index contributed by atoms with van der Waals surface area (Å²) in [6.45, 7) is 2.09. The number of nitrogens with zero attached hydrogens (tertiary/aromatic N) is 2. The maximum atomic E-state index is 12.6. The van der Waals surface area contributed by atoms with E-state index in [2.05, 4.69) is 6.92 Å². The van der Waals surface area contributed by atoms with Crippen molar-refractivity contribution < 1.29 is 19.1 Å². The van der Waals surface area contributed by atoms with Crippen molar-refractivity contribution in [3.8, 4) is 11.8 Å². The third-order valence-corrected chi connectivity index (χ3v) is 5.48. The first-order chi connectivity index (χ1) is 13.6. The number of esters is 1. The Bertz CT molecular complexity index is 892. The summed E-state index contributed by atoms with van der Waals surface area (Å²) in [5.41, 5.74) is 1.36. The van der Waals surface area contributed by atoms with Crippen LogP contribution in [-0.2, 0) is 14.3 Å². The normalized spacial score (nSPS) is 15.7.